The number of hydrogen-bond acceptors (Lipinski definition) is 6. The molecule has 1 aliphatic heterocycles. The van der Waals surface area contributed by atoms with Crippen LogP contribution in [0.4, 0.5) is 10.7 Å². The second-order valence-corrected chi connectivity index (χ2v) is 8.14. The number of amides is 1. The Morgan fingerprint density at radius 1 is 1.41 bits per heavy atom. The molecule has 0 bridgehead atoms. The van der Waals surface area contributed by atoms with Gasteiger partial charge in [-0.2, -0.15) is 0 Å². The van der Waals surface area contributed by atoms with Crippen LogP contribution in [-0.2, 0) is 4.79 Å². The Balaban J connectivity index is 2.03. The van der Waals surface area contributed by atoms with E-state index in [-0.39, 0.29) is 11.8 Å². The summed E-state index contributed by atoms with van der Waals surface area (Å²) >= 11 is 1.38. The van der Waals surface area contributed by atoms with E-state index in [0.29, 0.717) is 35.1 Å². The first-order valence-electron chi connectivity index (χ1n) is 9.20. The minimum Gasteiger partial charge on any atom is -0.397 e. The lowest BCUT2D eigenvalue weighted by atomic mass is 10.0. The van der Waals surface area contributed by atoms with Crippen molar-refractivity contribution in [1.29, 1.82) is 0 Å². The highest BCUT2D eigenvalue weighted by atomic mass is 32.1. The van der Waals surface area contributed by atoms with Crippen LogP contribution < -0.4 is 16.4 Å². The highest BCUT2D eigenvalue weighted by Crippen LogP contribution is 2.42. The molecular formula is C20H26N4O2S. The van der Waals surface area contributed by atoms with Crippen molar-refractivity contribution in [2.24, 2.45) is 5.92 Å². The van der Waals surface area contributed by atoms with Gasteiger partial charge in [-0.1, -0.05) is 44.2 Å². The van der Waals surface area contributed by atoms with Crippen molar-refractivity contribution in [3.8, 4) is 0 Å². The highest BCUT2D eigenvalue weighted by Gasteiger charge is 2.31. The number of nitrogens with one attached hydrogen (secondary N) is 2. The van der Waals surface area contributed by atoms with Gasteiger partial charge in [-0.25, -0.2) is 0 Å². The number of nitrogen functional groups attached to an aromatic ring is 1. The molecule has 4 N–H and O–H groups in total. The average Bonchev–Trinajstić information content (AvgIpc) is 3.02. The van der Waals surface area contributed by atoms with Gasteiger partial charge in [0.1, 0.15) is 4.88 Å². The molecule has 1 aromatic heterocycles. The molecule has 1 atom stereocenters. The van der Waals surface area contributed by atoms with Crippen LogP contribution in [0.3, 0.4) is 0 Å². The van der Waals surface area contributed by atoms with Gasteiger partial charge in [0, 0.05) is 37.3 Å². The van der Waals surface area contributed by atoms with E-state index in [2.05, 4.69) is 24.5 Å². The lowest BCUT2D eigenvalue weighted by molar-refractivity contribution is -0.121. The molecule has 6 nitrogen and oxygen atoms in total. The first-order valence-corrected chi connectivity index (χ1v) is 10.0. The minimum atomic E-state index is -0.181. The van der Waals surface area contributed by atoms with Crippen molar-refractivity contribution >= 4 is 34.2 Å². The number of carbonyl (C=O) groups is 2. The number of benzene rings is 1. The molecule has 0 spiro atoms. The fourth-order valence-electron chi connectivity index (χ4n) is 3.22. The summed E-state index contributed by atoms with van der Waals surface area (Å²) in [6.07, 6.45) is 0.869. The van der Waals surface area contributed by atoms with E-state index in [0.717, 1.165) is 30.1 Å². The zero-order valence-corrected chi connectivity index (χ0v) is 16.5. The molecule has 1 unspecified atom stereocenters. The molecule has 0 radical (unpaired) electrons. The smallest absolute Gasteiger partial charge is 0.210 e. The van der Waals surface area contributed by atoms with Crippen LogP contribution in [-0.4, -0.2) is 43.3 Å². The normalized spacial score (nSPS) is 17.1. The van der Waals surface area contributed by atoms with Gasteiger partial charge in [0.25, 0.3) is 0 Å². The van der Waals surface area contributed by atoms with Gasteiger partial charge in [-0.3, -0.25) is 9.59 Å². The van der Waals surface area contributed by atoms with E-state index in [1.165, 1.54) is 11.3 Å². The Bertz CT molecular complexity index is 804. The third kappa shape index (κ3) is 4.14. The van der Waals surface area contributed by atoms with Crippen LogP contribution in [0, 0.1) is 5.92 Å². The summed E-state index contributed by atoms with van der Waals surface area (Å²) in [4.78, 5) is 26.9. The monoisotopic (exact) mass is 386 g/mol. The molecule has 1 aromatic carbocycles. The summed E-state index contributed by atoms with van der Waals surface area (Å²) in [5.41, 5.74) is 8.41. The third-order valence-electron chi connectivity index (χ3n) is 4.65. The molecule has 2 aromatic rings. The van der Waals surface area contributed by atoms with Crippen LogP contribution >= 0.6 is 11.3 Å². The number of nitrogens with zero attached hydrogens (tertiary/aromatic N) is 1. The largest absolute Gasteiger partial charge is 0.397 e. The van der Waals surface area contributed by atoms with Crippen molar-refractivity contribution < 1.29 is 9.59 Å². The quantitative estimate of drug-likeness (QED) is 0.503. The van der Waals surface area contributed by atoms with E-state index < -0.39 is 0 Å². The Labute approximate surface area is 163 Å². The number of rotatable bonds is 7. The number of hydrogen-bond donors (Lipinski definition) is 3. The SMILES string of the molecule is CC(C)CNc1sc(C(=O)c2ccccc2)c(N)c1C1CNCCN1C=O. The van der Waals surface area contributed by atoms with Crippen molar-refractivity contribution in [3.05, 3.63) is 46.3 Å². The van der Waals surface area contributed by atoms with Gasteiger partial charge >= 0.3 is 0 Å². The van der Waals surface area contributed by atoms with Crippen molar-refractivity contribution in [1.82, 2.24) is 10.2 Å². The molecule has 1 aliphatic rings. The van der Waals surface area contributed by atoms with E-state index in [1.54, 1.807) is 17.0 Å². The molecule has 0 saturated carbocycles. The van der Waals surface area contributed by atoms with E-state index in [4.69, 9.17) is 5.73 Å². The van der Waals surface area contributed by atoms with Gasteiger partial charge in [-0.05, 0) is 5.92 Å². The molecular weight excluding hydrogens is 360 g/mol. The van der Waals surface area contributed by atoms with Gasteiger partial charge in [0.2, 0.25) is 12.2 Å². The number of carbonyl (C=O) groups excluding carboxylic acids is 2. The Hall–Kier alpha value is -2.38. The molecule has 7 heteroatoms. The number of thiophene rings is 1. The third-order valence-corrected chi connectivity index (χ3v) is 5.83. The molecule has 1 amide bonds. The fraction of sp³-hybridized carbons (Fsp3) is 0.400. The second kappa shape index (κ2) is 8.54. The standard InChI is InChI=1S/C20H26N4O2S/c1-13(2)10-23-20-16(15-11-22-8-9-24(15)12-25)17(21)19(27-20)18(26)14-6-4-3-5-7-14/h3-7,12-13,15,22-23H,8-11,21H2,1-2H3. The van der Waals surface area contributed by atoms with E-state index >= 15 is 0 Å². The first kappa shape index (κ1) is 19.4. The van der Waals surface area contributed by atoms with Crippen molar-refractivity contribution in [2.75, 3.05) is 37.2 Å². The lowest BCUT2D eigenvalue weighted by Crippen LogP contribution is -2.45. The van der Waals surface area contributed by atoms with Crippen LogP contribution in [0.1, 0.15) is 40.7 Å². The number of ketones is 1. The zero-order chi connectivity index (χ0) is 19.4. The summed E-state index contributed by atoms with van der Waals surface area (Å²) < 4.78 is 0. The first-order chi connectivity index (χ1) is 13.0. The summed E-state index contributed by atoms with van der Waals surface area (Å²) in [6, 6.07) is 8.97. The molecule has 2 heterocycles. The average molecular weight is 387 g/mol. The maximum absolute atomic E-state index is 13.0. The predicted molar refractivity (Wildman–Crippen MR) is 110 cm³/mol. The molecule has 3 rings (SSSR count). The fourth-order valence-corrected chi connectivity index (χ4v) is 4.37. The molecule has 144 valence electrons. The summed E-state index contributed by atoms with van der Waals surface area (Å²) in [6.45, 7) is 7.01. The molecule has 1 saturated heterocycles. The number of anilines is 2. The predicted octanol–water partition coefficient (Wildman–Crippen LogP) is 2.73. The van der Waals surface area contributed by atoms with Crippen LogP contribution in [0.25, 0.3) is 0 Å². The minimum absolute atomic E-state index is 0.0848. The Morgan fingerprint density at radius 2 is 2.15 bits per heavy atom. The number of piperazine rings is 1. The molecule has 1 fully saturated rings. The summed E-state index contributed by atoms with van der Waals surface area (Å²) in [5, 5.41) is 7.64. The maximum atomic E-state index is 13.0. The Kier molecular flexibility index (Phi) is 6.13. The van der Waals surface area contributed by atoms with Gasteiger partial charge < -0.3 is 21.3 Å². The summed E-state index contributed by atoms with van der Waals surface area (Å²) in [5.74, 6) is 0.361. The zero-order valence-electron chi connectivity index (χ0n) is 15.7. The Morgan fingerprint density at radius 3 is 2.81 bits per heavy atom. The van der Waals surface area contributed by atoms with Gasteiger partial charge in [-0.15, -0.1) is 11.3 Å². The maximum Gasteiger partial charge on any atom is 0.210 e. The van der Waals surface area contributed by atoms with Gasteiger partial charge in [0.05, 0.1) is 16.7 Å². The molecule has 27 heavy (non-hydrogen) atoms. The lowest BCUT2D eigenvalue weighted by Gasteiger charge is -2.34. The van der Waals surface area contributed by atoms with Crippen molar-refractivity contribution in [2.45, 2.75) is 19.9 Å². The number of nitrogens with two attached hydrogens (primary N) is 1. The van der Waals surface area contributed by atoms with Crippen LogP contribution in [0.2, 0.25) is 0 Å². The molecule has 0 aliphatic carbocycles. The van der Waals surface area contributed by atoms with Crippen LogP contribution in [0.5, 0.6) is 0 Å². The highest BCUT2D eigenvalue weighted by molar-refractivity contribution is 7.19. The topological polar surface area (TPSA) is 87.5 Å². The van der Waals surface area contributed by atoms with E-state index in [9.17, 15) is 9.59 Å². The van der Waals surface area contributed by atoms with E-state index in [1.807, 2.05) is 18.2 Å². The second-order valence-electron chi connectivity index (χ2n) is 7.12. The summed E-state index contributed by atoms with van der Waals surface area (Å²) in [7, 11) is 0. The van der Waals surface area contributed by atoms with Crippen molar-refractivity contribution in [3.63, 3.8) is 0 Å². The van der Waals surface area contributed by atoms with Gasteiger partial charge in [0.15, 0.2) is 0 Å². The van der Waals surface area contributed by atoms with Crippen LogP contribution in [0.15, 0.2) is 30.3 Å².